The van der Waals surface area contributed by atoms with E-state index >= 15 is 0 Å². The zero-order chi connectivity index (χ0) is 10.7. The van der Waals surface area contributed by atoms with Crippen LogP contribution in [0.25, 0.3) is 0 Å². The Hall–Kier alpha value is -1.26. The Morgan fingerprint density at radius 2 is 2.40 bits per heavy atom. The summed E-state index contributed by atoms with van der Waals surface area (Å²) in [4.78, 5) is 7.16. The fourth-order valence-corrected chi connectivity index (χ4v) is 1.72. The molecule has 0 atom stereocenters. The Kier molecular flexibility index (Phi) is 3.08. The van der Waals surface area contributed by atoms with Gasteiger partial charge < -0.3 is 14.9 Å². The number of hydrogen-bond acceptors (Lipinski definition) is 2. The van der Waals surface area contributed by atoms with E-state index in [1.807, 2.05) is 30.1 Å². The third-order valence-electron chi connectivity index (χ3n) is 2.23. The van der Waals surface area contributed by atoms with Gasteiger partial charge in [0.2, 0.25) is 0 Å². The standard InChI is InChI=1S/C10H13ClN4/c1-15-7-8(11)4-9(15)5-12-6-10-13-2-3-14-10/h2-4,7,12H,5-6H2,1H3,(H,13,14). The van der Waals surface area contributed by atoms with E-state index < -0.39 is 0 Å². The maximum absolute atomic E-state index is 5.88. The van der Waals surface area contributed by atoms with Gasteiger partial charge in [0.25, 0.3) is 0 Å². The van der Waals surface area contributed by atoms with Crippen LogP contribution < -0.4 is 5.32 Å². The van der Waals surface area contributed by atoms with E-state index in [0.29, 0.717) is 0 Å². The van der Waals surface area contributed by atoms with Gasteiger partial charge in [-0.1, -0.05) is 11.6 Å². The van der Waals surface area contributed by atoms with Gasteiger partial charge in [-0.3, -0.25) is 0 Å². The third-order valence-corrected chi connectivity index (χ3v) is 2.43. The molecule has 0 aromatic carbocycles. The molecule has 0 bridgehead atoms. The van der Waals surface area contributed by atoms with Gasteiger partial charge in [0.05, 0.1) is 11.6 Å². The van der Waals surface area contributed by atoms with Crippen molar-refractivity contribution in [1.29, 1.82) is 0 Å². The van der Waals surface area contributed by atoms with Crippen LogP contribution in [0.4, 0.5) is 0 Å². The molecule has 4 nitrogen and oxygen atoms in total. The van der Waals surface area contributed by atoms with E-state index in [1.54, 1.807) is 6.20 Å². The highest BCUT2D eigenvalue weighted by Crippen LogP contribution is 2.12. The predicted octanol–water partition coefficient (Wildman–Crippen LogP) is 1.69. The maximum Gasteiger partial charge on any atom is 0.120 e. The molecule has 0 aliphatic heterocycles. The quantitative estimate of drug-likeness (QED) is 0.830. The molecule has 2 N–H and O–H groups in total. The van der Waals surface area contributed by atoms with Crippen LogP contribution in [0.3, 0.4) is 0 Å². The van der Waals surface area contributed by atoms with Gasteiger partial charge in [-0.05, 0) is 6.07 Å². The number of aromatic amines is 1. The van der Waals surface area contributed by atoms with Gasteiger partial charge in [0.15, 0.2) is 0 Å². The average Bonchev–Trinajstić information content (AvgIpc) is 2.77. The molecule has 2 heterocycles. The topological polar surface area (TPSA) is 45.6 Å². The van der Waals surface area contributed by atoms with Crippen molar-refractivity contribution in [2.45, 2.75) is 13.1 Å². The third kappa shape index (κ3) is 2.61. The second kappa shape index (κ2) is 4.51. The average molecular weight is 225 g/mol. The number of aryl methyl sites for hydroxylation is 1. The van der Waals surface area contributed by atoms with Crippen molar-refractivity contribution in [2.24, 2.45) is 7.05 Å². The molecule has 5 heteroatoms. The Morgan fingerprint density at radius 1 is 1.53 bits per heavy atom. The molecule has 2 aromatic heterocycles. The smallest absolute Gasteiger partial charge is 0.120 e. The minimum absolute atomic E-state index is 0.732. The summed E-state index contributed by atoms with van der Waals surface area (Å²) in [7, 11) is 1.98. The van der Waals surface area contributed by atoms with E-state index in [1.165, 1.54) is 0 Å². The normalized spacial score (nSPS) is 10.8. The van der Waals surface area contributed by atoms with Crippen LogP contribution in [0.2, 0.25) is 5.02 Å². The number of imidazole rings is 1. The highest BCUT2D eigenvalue weighted by Gasteiger charge is 2.01. The van der Waals surface area contributed by atoms with Gasteiger partial charge in [0.1, 0.15) is 5.82 Å². The van der Waals surface area contributed by atoms with Crippen LogP contribution in [-0.4, -0.2) is 14.5 Å². The number of rotatable bonds is 4. The first kappa shape index (κ1) is 10.3. The highest BCUT2D eigenvalue weighted by molar-refractivity contribution is 6.30. The lowest BCUT2D eigenvalue weighted by Crippen LogP contribution is -2.15. The fraction of sp³-hybridized carbons (Fsp3) is 0.300. The molecule has 2 aromatic rings. The van der Waals surface area contributed by atoms with Crippen molar-refractivity contribution in [1.82, 2.24) is 19.9 Å². The van der Waals surface area contributed by atoms with Gasteiger partial charge >= 0.3 is 0 Å². The first-order chi connectivity index (χ1) is 7.25. The van der Waals surface area contributed by atoms with Crippen molar-refractivity contribution in [3.05, 3.63) is 41.2 Å². The van der Waals surface area contributed by atoms with E-state index in [4.69, 9.17) is 11.6 Å². The fourth-order valence-electron chi connectivity index (χ4n) is 1.45. The van der Waals surface area contributed by atoms with Crippen LogP contribution in [0.1, 0.15) is 11.5 Å². The zero-order valence-corrected chi connectivity index (χ0v) is 9.25. The summed E-state index contributed by atoms with van der Waals surface area (Å²) in [5.74, 6) is 0.940. The summed E-state index contributed by atoms with van der Waals surface area (Å²) < 4.78 is 2.01. The zero-order valence-electron chi connectivity index (χ0n) is 8.50. The van der Waals surface area contributed by atoms with Crippen LogP contribution in [0, 0.1) is 0 Å². The molecular formula is C10H13ClN4. The van der Waals surface area contributed by atoms with Crippen molar-refractivity contribution in [3.8, 4) is 0 Å². The summed E-state index contributed by atoms with van der Waals surface area (Å²) in [6.45, 7) is 1.51. The first-order valence-electron chi connectivity index (χ1n) is 4.75. The molecule has 0 radical (unpaired) electrons. The lowest BCUT2D eigenvalue weighted by atomic mass is 10.4. The first-order valence-corrected chi connectivity index (χ1v) is 5.13. The summed E-state index contributed by atoms with van der Waals surface area (Å²) in [6.07, 6.45) is 5.46. The SMILES string of the molecule is Cn1cc(Cl)cc1CNCc1ncc[nH]1. The van der Waals surface area contributed by atoms with E-state index in [2.05, 4.69) is 15.3 Å². The lowest BCUT2D eigenvalue weighted by Gasteiger charge is -2.03. The van der Waals surface area contributed by atoms with Crippen LogP contribution in [0.15, 0.2) is 24.7 Å². The number of halogens is 1. The molecule has 0 spiro atoms. The lowest BCUT2D eigenvalue weighted by molar-refractivity contribution is 0.638. The Morgan fingerprint density at radius 3 is 3.00 bits per heavy atom. The molecule has 2 rings (SSSR count). The largest absolute Gasteiger partial charge is 0.352 e. The molecule has 0 aliphatic carbocycles. The second-order valence-electron chi connectivity index (χ2n) is 3.40. The van der Waals surface area contributed by atoms with Gasteiger partial charge in [-0.25, -0.2) is 4.98 Å². The summed E-state index contributed by atoms with van der Waals surface area (Å²) >= 11 is 5.88. The predicted molar refractivity (Wildman–Crippen MR) is 59.6 cm³/mol. The van der Waals surface area contributed by atoms with Crippen LogP contribution in [0.5, 0.6) is 0 Å². The van der Waals surface area contributed by atoms with Crippen LogP contribution in [-0.2, 0) is 20.1 Å². The Bertz CT molecular complexity index is 419. The number of hydrogen-bond donors (Lipinski definition) is 2. The van der Waals surface area contributed by atoms with Gasteiger partial charge in [-0.2, -0.15) is 0 Å². The molecule has 0 fully saturated rings. The number of aromatic nitrogens is 3. The highest BCUT2D eigenvalue weighted by atomic mass is 35.5. The van der Waals surface area contributed by atoms with E-state index in [9.17, 15) is 0 Å². The van der Waals surface area contributed by atoms with Gasteiger partial charge in [-0.15, -0.1) is 0 Å². The van der Waals surface area contributed by atoms with Crippen molar-refractivity contribution >= 4 is 11.6 Å². The molecule has 0 aliphatic rings. The number of H-pyrrole nitrogens is 1. The van der Waals surface area contributed by atoms with E-state index in [0.717, 1.165) is 29.6 Å². The monoisotopic (exact) mass is 224 g/mol. The van der Waals surface area contributed by atoms with Crippen LogP contribution >= 0.6 is 11.6 Å². The summed E-state index contributed by atoms with van der Waals surface area (Å²) in [5.41, 5.74) is 1.16. The molecule has 0 saturated carbocycles. The summed E-state index contributed by atoms with van der Waals surface area (Å²) in [5, 5.41) is 4.06. The maximum atomic E-state index is 5.88. The number of nitrogens with zero attached hydrogens (tertiary/aromatic N) is 2. The summed E-state index contributed by atoms with van der Waals surface area (Å²) in [6, 6.07) is 1.96. The molecule has 15 heavy (non-hydrogen) atoms. The molecule has 80 valence electrons. The Balaban J connectivity index is 1.86. The second-order valence-corrected chi connectivity index (χ2v) is 3.84. The molecular weight excluding hydrogens is 212 g/mol. The van der Waals surface area contributed by atoms with Crippen molar-refractivity contribution < 1.29 is 0 Å². The minimum atomic E-state index is 0.732. The molecule has 0 amide bonds. The van der Waals surface area contributed by atoms with Crippen molar-refractivity contribution in [3.63, 3.8) is 0 Å². The van der Waals surface area contributed by atoms with Crippen molar-refractivity contribution in [2.75, 3.05) is 0 Å². The Labute approximate surface area is 93.3 Å². The van der Waals surface area contributed by atoms with E-state index in [-0.39, 0.29) is 0 Å². The number of nitrogens with one attached hydrogen (secondary N) is 2. The van der Waals surface area contributed by atoms with Gasteiger partial charge in [0, 0.05) is 37.9 Å². The molecule has 0 unspecified atom stereocenters. The minimum Gasteiger partial charge on any atom is -0.352 e. The molecule has 0 saturated heterocycles.